The van der Waals surface area contributed by atoms with Crippen molar-refractivity contribution in [2.45, 2.75) is 59.2 Å². The van der Waals surface area contributed by atoms with E-state index in [1.165, 1.54) is 40.0 Å². The van der Waals surface area contributed by atoms with Gasteiger partial charge in [0.1, 0.15) is 22.8 Å². The van der Waals surface area contributed by atoms with Crippen molar-refractivity contribution < 1.29 is 28.2 Å². The lowest BCUT2D eigenvalue weighted by atomic mass is 10.2. The minimum absolute atomic E-state index is 0.0646. The number of amides is 2. The van der Waals surface area contributed by atoms with E-state index in [2.05, 4.69) is 10.1 Å². The standard InChI is InChI=1S/C23H31FN4O5/c1-22(2,3)32-20(29)26-19(28-15-7-13-25-28)27(21(30)33-23(4,5)6)14-8-16-31-18-11-9-17(24)10-12-18/h7,9-13,15H,8,14,16H2,1-6H3. The zero-order chi connectivity index (χ0) is 24.6. The number of nitrogens with zero attached hydrogens (tertiary/aromatic N) is 4. The van der Waals surface area contributed by atoms with Gasteiger partial charge in [0.25, 0.3) is 0 Å². The second kappa shape index (κ2) is 10.9. The van der Waals surface area contributed by atoms with Gasteiger partial charge in [-0.05, 0) is 78.3 Å². The molecule has 9 nitrogen and oxygen atoms in total. The number of carbonyl (C=O) groups excluding carboxylic acids is 2. The van der Waals surface area contributed by atoms with E-state index < -0.39 is 23.4 Å². The first-order valence-electron chi connectivity index (χ1n) is 10.5. The van der Waals surface area contributed by atoms with E-state index in [-0.39, 0.29) is 24.9 Å². The third-order valence-corrected chi connectivity index (χ3v) is 3.76. The average molecular weight is 463 g/mol. The molecule has 33 heavy (non-hydrogen) atoms. The molecule has 2 aromatic rings. The number of hydrogen-bond acceptors (Lipinski definition) is 6. The molecule has 180 valence electrons. The van der Waals surface area contributed by atoms with Gasteiger partial charge in [0, 0.05) is 18.9 Å². The number of rotatable bonds is 5. The fourth-order valence-corrected chi connectivity index (χ4v) is 2.52. The van der Waals surface area contributed by atoms with Crippen molar-refractivity contribution in [3.05, 3.63) is 48.5 Å². The fourth-order valence-electron chi connectivity index (χ4n) is 2.52. The van der Waals surface area contributed by atoms with Crippen LogP contribution in [-0.4, -0.2) is 57.2 Å². The molecule has 2 rings (SSSR count). The van der Waals surface area contributed by atoms with Crippen molar-refractivity contribution >= 4 is 18.1 Å². The van der Waals surface area contributed by atoms with Crippen molar-refractivity contribution in [2.24, 2.45) is 4.99 Å². The number of aromatic nitrogens is 2. The summed E-state index contributed by atoms with van der Waals surface area (Å²) >= 11 is 0. The highest BCUT2D eigenvalue weighted by Crippen LogP contribution is 2.15. The summed E-state index contributed by atoms with van der Waals surface area (Å²) in [5, 5.41) is 4.11. The lowest BCUT2D eigenvalue weighted by molar-refractivity contribution is 0.0356. The molecule has 0 saturated heterocycles. The summed E-state index contributed by atoms with van der Waals surface area (Å²) in [6, 6.07) is 7.26. The zero-order valence-corrected chi connectivity index (χ0v) is 19.9. The smallest absolute Gasteiger partial charge is 0.437 e. The minimum atomic E-state index is -0.871. The number of benzene rings is 1. The summed E-state index contributed by atoms with van der Waals surface area (Å²) < 4.78 is 30.8. The number of ether oxygens (including phenoxy) is 3. The van der Waals surface area contributed by atoms with Gasteiger partial charge in [0.15, 0.2) is 0 Å². The molecule has 1 aromatic heterocycles. The molecule has 0 fully saturated rings. The van der Waals surface area contributed by atoms with Crippen LogP contribution in [0.25, 0.3) is 0 Å². The van der Waals surface area contributed by atoms with Gasteiger partial charge >= 0.3 is 12.2 Å². The van der Waals surface area contributed by atoms with Crippen molar-refractivity contribution in [3.63, 3.8) is 0 Å². The Bertz CT molecular complexity index is 945. The summed E-state index contributed by atoms with van der Waals surface area (Å²) in [6.07, 6.45) is 1.84. The normalized spacial score (nSPS) is 12.3. The molecule has 0 N–H and O–H groups in total. The molecule has 0 atom stereocenters. The molecule has 2 amide bonds. The van der Waals surface area contributed by atoms with Crippen LogP contribution >= 0.6 is 0 Å². The summed E-state index contributed by atoms with van der Waals surface area (Å²) in [5.41, 5.74) is -1.54. The van der Waals surface area contributed by atoms with Gasteiger partial charge in [-0.2, -0.15) is 5.10 Å². The van der Waals surface area contributed by atoms with Gasteiger partial charge in [-0.1, -0.05) is 0 Å². The maximum Gasteiger partial charge on any atom is 0.437 e. The van der Waals surface area contributed by atoms with E-state index in [0.717, 1.165) is 0 Å². The van der Waals surface area contributed by atoms with Crippen LogP contribution < -0.4 is 4.74 Å². The highest BCUT2D eigenvalue weighted by molar-refractivity contribution is 5.99. The molecule has 0 aliphatic heterocycles. The molecule has 0 spiro atoms. The zero-order valence-electron chi connectivity index (χ0n) is 19.9. The largest absolute Gasteiger partial charge is 0.494 e. The molecular weight excluding hydrogens is 431 g/mol. The second-order valence-electron chi connectivity index (χ2n) is 9.13. The van der Waals surface area contributed by atoms with Crippen molar-refractivity contribution in [1.29, 1.82) is 0 Å². The molecule has 0 unspecified atom stereocenters. The Labute approximate surface area is 193 Å². The molecular formula is C23H31FN4O5. The molecule has 10 heteroatoms. The molecule has 1 aromatic carbocycles. The minimum Gasteiger partial charge on any atom is -0.494 e. The Balaban J connectivity index is 2.24. The highest BCUT2D eigenvalue weighted by atomic mass is 19.1. The van der Waals surface area contributed by atoms with Crippen LogP contribution in [0.2, 0.25) is 0 Å². The van der Waals surface area contributed by atoms with Crippen LogP contribution in [0.1, 0.15) is 48.0 Å². The summed E-state index contributed by atoms with van der Waals surface area (Å²) in [4.78, 5) is 30.7. The molecule has 1 heterocycles. The SMILES string of the molecule is CC(C)(C)OC(=O)N=C(N(CCCOc1ccc(F)cc1)C(=O)OC(C)(C)C)n1cccn1. The molecule has 0 radical (unpaired) electrons. The molecule has 0 bridgehead atoms. The van der Waals surface area contributed by atoms with E-state index in [1.807, 2.05) is 0 Å². The number of carbonyl (C=O) groups is 2. The lowest BCUT2D eigenvalue weighted by Crippen LogP contribution is -2.45. The maximum atomic E-state index is 13.1. The van der Waals surface area contributed by atoms with Crippen LogP contribution in [0, 0.1) is 5.82 Å². The van der Waals surface area contributed by atoms with Gasteiger partial charge in [0.05, 0.1) is 6.61 Å². The van der Waals surface area contributed by atoms with Crippen molar-refractivity contribution in [1.82, 2.24) is 14.7 Å². The van der Waals surface area contributed by atoms with Gasteiger partial charge in [0.2, 0.25) is 5.96 Å². The first-order chi connectivity index (χ1) is 15.3. The van der Waals surface area contributed by atoms with E-state index in [0.29, 0.717) is 12.2 Å². The Morgan fingerprint density at radius 3 is 2.24 bits per heavy atom. The Morgan fingerprint density at radius 2 is 1.70 bits per heavy atom. The van der Waals surface area contributed by atoms with Crippen molar-refractivity contribution in [3.8, 4) is 5.75 Å². The van der Waals surface area contributed by atoms with Crippen LogP contribution in [0.5, 0.6) is 5.75 Å². The topological polar surface area (TPSA) is 95.2 Å². The number of hydrogen-bond donors (Lipinski definition) is 0. The third-order valence-electron chi connectivity index (χ3n) is 3.76. The fraction of sp³-hybridized carbons (Fsp3) is 0.478. The van der Waals surface area contributed by atoms with Crippen LogP contribution in [0.3, 0.4) is 0 Å². The average Bonchev–Trinajstić information content (AvgIpc) is 3.20. The third kappa shape index (κ3) is 9.30. The molecule has 0 aliphatic carbocycles. The quantitative estimate of drug-likeness (QED) is 0.357. The van der Waals surface area contributed by atoms with Gasteiger partial charge in [-0.3, -0.25) is 0 Å². The van der Waals surface area contributed by atoms with Crippen LogP contribution in [0.15, 0.2) is 47.7 Å². The van der Waals surface area contributed by atoms with E-state index in [1.54, 1.807) is 53.8 Å². The molecule has 0 saturated carbocycles. The molecule has 0 aliphatic rings. The van der Waals surface area contributed by atoms with Crippen LogP contribution in [0.4, 0.5) is 14.0 Å². The second-order valence-corrected chi connectivity index (χ2v) is 9.13. The Morgan fingerprint density at radius 1 is 1.06 bits per heavy atom. The van der Waals surface area contributed by atoms with Crippen molar-refractivity contribution in [2.75, 3.05) is 13.2 Å². The van der Waals surface area contributed by atoms with Gasteiger partial charge in [-0.15, -0.1) is 4.99 Å². The first-order valence-corrected chi connectivity index (χ1v) is 10.5. The van der Waals surface area contributed by atoms with Gasteiger partial charge < -0.3 is 14.2 Å². The number of halogens is 1. The lowest BCUT2D eigenvalue weighted by Gasteiger charge is -2.28. The maximum absolute atomic E-state index is 13.1. The first kappa shape index (κ1) is 25.8. The predicted molar refractivity (Wildman–Crippen MR) is 121 cm³/mol. The number of aliphatic imine (C=N–C) groups is 1. The Kier molecular flexibility index (Phi) is 8.56. The van der Waals surface area contributed by atoms with E-state index in [9.17, 15) is 14.0 Å². The van der Waals surface area contributed by atoms with Gasteiger partial charge in [-0.25, -0.2) is 23.6 Å². The van der Waals surface area contributed by atoms with E-state index in [4.69, 9.17) is 14.2 Å². The summed E-state index contributed by atoms with van der Waals surface area (Å²) in [7, 11) is 0. The summed E-state index contributed by atoms with van der Waals surface area (Å²) in [5.74, 6) is 0.0703. The predicted octanol–water partition coefficient (Wildman–Crippen LogP) is 4.87. The summed E-state index contributed by atoms with van der Waals surface area (Å²) in [6.45, 7) is 10.7. The van der Waals surface area contributed by atoms with Crippen LogP contribution in [-0.2, 0) is 9.47 Å². The van der Waals surface area contributed by atoms with E-state index >= 15 is 0 Å². The monoisotopic (exact) mass is 462 g/mol. The Hall–Kier alpha value is -3.43. The highest BCUT2D eigenvalue weighted by Gasteiger charge is 2.29.